The fourth-order valence-electron chi connectivity index (χ4n) is 0.740. The Bertz CT molecular complexity index is 395. The maximum atomic E-state index is 13.0. The zero-order valence-electron chi connectivity index (χ0n) is 7.01. The van der Waals surface area contributed by atoms with Gasteiger partial charge >= 0.3 is 12.1 Å². The van der Waals surface area contributed by atoms with Gasteiger partial charge < -0.3 is 9.84 Å². The first-order valence-electron chi connectivity index (χ1n) is 3.58. The van der Waals surface area contributed by atoms with Crippen LogP contribution in [0, 0.1) is 5.82 Å². The van der Waals surface area contributed by atoms with Crippen LogP contribution in [0.5, 0.6) is 5.75 Å². The van der Waals surface area contributed by atoms with Gasteiger partial charge in [-0.1, -0.05) is 15.9 Å². The van der Waals surface area contributed by atoms with E-state index in [4.69, 9.17) is 5.11 Å². The molecule has 82 valence electrons. The molecular formula is C8H4BrF3O3. The Kier molecular flexibility index (Phi) is 3.23. The second-order valence-electron chi connectivity index (χ2n) is 2.50. The van der Waals surface area contributed by atoms with Crippen LogP contribution in [0.3, 0.4) is 0 Å². The lowest BCUT2D eigenvalue weighted by molar-refractivity contribution is -0.211. The first-order valence-corrected chi connectivity index (χ1v) is 4.37. The van der Waals surface area contributed by atoms with Gasteiger partial charge in [0.05, 0.1) is 0 Å². The Morgan fingerprint density at radius 2 is 2.07 bits per heavy atom. The number of carboxylic acids is 1. The molecule has 3 nitrogen and oxygen atoms in total. The fourth-order valence-corrected chi connectivity index (χ4v) is 1.07. The topological polar surface area (TPSA) is 46.5 Å². The quantitative estimate of drug-likeness (QED) is 0.928. The molecule has 0 amide bonds. The van der Waals surface area contributed by atoms with Crippen LogP contribution in [0.2, 0.25) is 0 Å². The molecule has 0 radical (unpaired) electrons. The first kappa shape index (κ1) is 11.8. The summed E-state index contributed by atoms with van der Waals surface area (Å²) in [6.45, 7) is 0. The van der Waals surface area contributed by atoms with E-state index in [2.05, 4.69) is 20.7 Å². The lowest BCUT2D eigenvalue weighted by atomic mass is 10.3. The third kappa shape index (κ3) is 2.85. The van der Waals surface area contributed by atoms with E-state index in [1.54, 1.807) is 0 Å². The van der Waals surface area contributed by atoms with Gasteiger partial charge in [-0.15, -0.1) is 0 Å². The smallest absolute Gasteiger partial charge is 0.474 e. The molecule has 0 saturated carbocycles. The van der Waals surface area contributed by atoms with Gasteiger partial charge in [-0.2, -0.15) is 8.78 Å². The van der Waals surface area contributed by atoms with Crippen LogP contribution in [0.25, 0.3) is 0 Å². The molecule has 0 heterocycles. The molecule has 0 spiro atoms. The summed E-state index contributed by atoms with van der Waals surface area (Å²) in [6.07, 6.45) is -4.45. The summed E-state index contributed by atoms with van der Waals surface area (Å²) >= 11 is 2.91. The Morgan fingerprint density at radius 3 is 2.53 bits per heavy atom. The van der Waals surface area contributed by atoms with Crippen molar-refractivity contribution in [1.29, 1.82) is 0 Å². The van der Waals surface area contributed by atoms with E-state index < -0.39 is 23.6 Å². The normalized spacial score (nSPS) is 11.2. The van der Waals surface area contributed by atoms with Crippen molar-refractivity contribution in [3.05, 3.63) is 28.5 Å². The van der Waals surface area contributed by atoms with E-state index in [1.807, 2.05) is 0 Å². The molecule has 0 bridgehead atoms. The maximum absolute atomic E-state index is 13.0. The molecular weight excluding hydrogens is 281 g/mol. The highest BCUT2D eigenvalue weighted by atomic mass is 79.9. The predicted molar refractivity (Wildman–Crippen MR) is 47.3 cm³/mol. The number of carboxylic acid groups (broad SMARTS) is 1. The number of hydrogen-bond donors (Lipinski definition) is 1. The van der Waals surface area contributed by atoms with Crippen LogP contribution in [-0.2, 0) is 4.79 Å². The molecule has 15 heavy (non-hydrogen) atoms. The molecule has 1 N–H and O–H groups in total. The van der Waals surface area contributed by atoms with Crippen LogP contribution in [0.4, 0.5) is 13.2 Å². The van der Waals surface area contributed by atoms with Crippen LogP contribution in [0.15, 0.2) is 22.7 Å². The van der Waals surface area contributed by atoms with Crippen molar-refractivity contribution >= 4 is 21.9 Å². The third-order valence-corrected chi connectivity index (χ3v) is 1.87. The van der Waals surface area contributed by atoms with Crippen molar-refractivity contribution < 1.29 is 27.8 Å². The van der Waals surface area contributed by atoms with Crippen molar-refractivity contribution in [3.8, 4) is 5.75 Å². The number of rotatable bonds is 3. The van der Waals surface area contributed by atoms with Crippen LogP contribution >= 0.6 is 15.9 Å². The second kappa shape index (κ2) is 4.09. The van der Waals surface area contributed by atoms with Crippen molar-refractivity contribution in [2.75, 3.05) is 0 Å². The fraction of sp³-hybridized carbons (Fsp3) is 0.125. The van der Waals surface area contributed by atoms with Crippen molar-refractivity contribution in [3.63, 3.8) is 0 Å². The summed E-state index contributed by atoms with van der Waals surface area (Å²) in [5.74, 6) is -4.39. The number of benzene rings is 1. The molecule has 7 heteroatoms. The Balaban J connectivity index is 2.95. The number of halogens is 4. The van der Waals surface area contributed by atoms with E-state index in [0.29, 0.717) is 4.47 Å². The molecule has 0 aliphatic carbocycles. The summed E-state index contributed by atoms with van der Waals surface area (Å²) < 4.78 is 42.0. The summed E-state index contributed by atoms with van der Waals surface area (Å²) in [6, 6.07) is 3.03. The molecule has 0 unspecified atom stereocenters. The van der Waals surface area contributed by atoms with Gasteiger partial charge in [-0.3, -0.25) is 0 Å². The summed E-state index contributed by atoms with van der Waals surface area (Å²) in [5, 5.41) is 8.04. The molecule has 0 aromatic heterocycles. The number of hydrogen-bond acceptors (Lipinski definition) is 2. The second-order valence-corrected chi connectivity index (χ2v) is 3.41. The lowest BCUT2D eigenvalue weighted by Crippen LogP contribution is -2.35. The van der Waals surface area contributed by atoms with Gasteiger partial charge in [-0.25, -0.2) is 9.18 Å². The summed E-state index contributed by atoms with van der Waals surface area (Å²) in [5.41, 5.74) is 0. The molecule has 0 aliphatic heterocycles. The van der Waals surface area contributed by atoms with E-state index in [-0.39, 0.29) is 0 Å². The van der Waals surface area contributed by atoms with Crippen molar-refractivity contribution in [2.24, 2.45) is 0 Å². The van der Waals surface area contributed by atoms with Gasteiger partial charge in [0.1, 0.15) is 0 Å². The number of ether oxygens (including phenoxy) is 1. The van der Waals surface area contributed by atoms with E-state index in [0.717, 1.165) is 12.1 Å². The summed E-state index contributed by atoms with van der Waals surface area (Å²) in [4.78, 5) is 10.00. The average Bonchev–Trinajstić information content (AvgIpc) is 2.09. The van der Waals surface area contributed by atoms with Gasteiger partial charge in [0.25, 0.3) is 0 Å². The highest BCUT2D eigenvalue weighted by molar-refractivity contribution is 9.10. The average molecular weight is 285 g/mol. The van der Waals surface area contributed by atoms with Gasteiger partial charge in [0.15, 0.2) is 11.6 Å². The highest BCUT2D eigenvalue weighted by Gasteiger charge is 2.43. The minimum absolute atomic E-state index is 0.325. The largest absolute Gasteiger partial charge is 0.502 e. The van der Waals surface area contributed by atoms with E-state index >= 15 is 0 Å². The molecule has 0 fully saturated rings. The molecule has 0 atom stereocenters. The van der Waals surface area contributed by atoms with Gasteiger partial charge in [0, 0.05) is 4.47 Å². The van der Waals surface area contributed by atoms with Crippen LogP contribution < -0.4 is 4.74 Å². The third-order valence-electron chi connectivity index (χ3n) is 1.38. The Morgan fingerprint density at radius 1 is 1.47 bits per heavy atom. The van der Waals surface area contributed by atoms with Crippen LogP contribution in [0.1, 0.15) is 0 Å². The van der Waals surface area contributed by atoms with Crippen LogP contribution in [-0.4, -0.2) is 17.2 Å². The van der Waals surface area contributed by atoms with Crippen molar-refractivity contribution in [2.45, 2.75) is 6.11 Å². The minimum atomic E-state index is -4.45. The highest BCUT2D eigenvalue weighted by Crippen LogP contribution is 2.26. The maximum Gasteiger partial charge on any atom is 0.502 e. The van der Waals surface area contributed by atoms with E-state index in [1.165, 1.54) is 6.07 Å². The Labute approximate surface area is 90.6 Å². The minimum Gasteiger partial charge on any atom is -0.474 e. The summed E-state index contributed by atoms with van der Waals surface area (Å²) in [7, 11) is 0. The Hall–Kier alpha value is -1.24. The van der Waals surface area contributed by atoms with Crippen molar-refractivity contribution in [1.82, 2.24) is 0 Å². The molecule has 0 saturated heterocycles. The van der Waals surface area contributed by atoms with Gasteiger partial charge in [0.2, 0.25) is 0 Å². The molecule has 1 aromatic rings. The predicted octanol–water partition coefficient (Wildman–Crippen LogP) is 2.64. The first-order chi connectivity index (χ1) is 6.83. The zero-order valence-corrected chi connectivity index (χ0v) is 8.59. The monoisotopic (exact) mass is 284 g/mol. The van der Waals surface area contributed by atoms with E-state index in [9.17, 15) is 18.0 Å². The lowest BCUT2D eigenvalue weighted by Gasteiger charge is -2.13. The zero-order chi connectivity index (χ0) is 11.6. The molecule has 1 rings (SSSR count). The molecule has 1 aromatic carbocycles. The SMILES string of the molecule is O=C(O)C(F)(F)Oc1ccc(Br)cc1F. The van der Waals surface area contributed by atoms with Gasteiger partial charge in [-0.05, 0) is 18.2 Å². The number of alkyl halides is 2. The number of aliphatic carboxylic acids is 1. The standard InChI is InChI=1S/C8H4BrF3O3/c9-4-1-2-6(5(10)3-4)15-8(11,12)7(13)14/h1-3H,(H,13,14). The molecule has 0 aliphatic rings. The number of carbonyl (C=O) groups is 1.